The maximum absolute atomic E-state index is 4.32. The average molecular weight is 190 g/mol. The summed E-state index contributed by atoms with van der Waals surface area (Å²) in [7, 11) is 0. The maximum Gasteiger partial charge on any atom is 0.140 e. The van der Waals surface area contributed by atoms with Gasteiger partial charge >= 0.3 is 0 Å². The lowest BCUT2D eigenvalue weighted by Gasteiger charge is -1.93. The van der Waals surface area contributed by atoms with Crippen molar-refractivity contribution >= 4 is 0 Å². The fourth-order valence-electron chi connectivity index (χ4n) is 1.48. The van der Waals surface area contributed by atoms with E-state index in [-0.39, 0.29) is 0 Å². The number of aryl methyl sites for hydroxylation is 2. The number of rotatable bonds is 3. The second kappa shape index (κ2) is 3.65. The third-order valence-electron chi connectivity index (χ3n) is 2.23. The minimum Gasteiger partial charge on any atom is -0.342 e. The van der Waals surface area contributed by atoms with Crippen LogP contribution in [0, 0.1) is 6.92 Å². The Kier molecular flexibility index (Phi) is 2.35. The SMILES string of the molecule is CCCc1cnc(-c2cn[nH]c2C)[nH]1. The van der Waals surface area contributed by atoms with Crippen molar-refractivity contribution in [2.75, 3.05) is 0 Å². The van der Waals surface area contributed by atoms with E-state index in [2.05, 4.69) is 27.1 Å². The lowest BCUT2D eigenvalue weighted by molar-refractivity contribution is 0.893. The Hall–Kier alpha value is -1.58. The number of nitrogens with one attached hydrogen (secondary N) is 2. The number of imidazole rings is 1. The van der Waals surface area contributed by atoms with Crippen molar-refractivity contribution in [2.24, 2.45) is 0 Å². The fourth-order valence-corrected chi connectivity index (χ4v) is 1.48. The minimum absolute atomic E-state index is 0.903. The smallest absolute Gasteiger partial charge is 0.140 e. The number of nitrogens with zero attached hydrogens (tertiary/aromatic N) is 2. The summed E-state index contributed by atoms with van der Waals surface area (Å²) in [5.41, 5.74) is 3.28. The average Bonchev–Trinajstić information content (AvgIpc) is 2.74. The molecule has 0 aliphatic rings. The highest BCUT2D eigenvalue weighted by atomic mass is 15.1. The Morgan fingerprint density at radius 1 is 1.36 bits per heavy atom. The molecule has 2 aromatic rings. The van der Waals surface area contributed by atoms with Gasteiger partial charge in [0.15, 0.2) is 0 Å². The van der Waals surface area contributed by atoms with Crippen molar-refractivity contribution in [3.63, 3.8) is 0 Å². The van der Waals surface area contributed by atoms with Crippen molar-refractivity contribution in [3.05, 3.63) is 23.8 Å². The molecule has 0 aromatic carbocycles. The van der Waals surface area contributed by atoms with Crippen LogP contribution >= 0.6 is 0 Å². The summed E-state index contributed by atoms with van der Waals surface area (Å²) in [5.74, 6) is 0.903. The van der Waals surface area contributed by atoms with Gasteiger partial charge in [0.1, 0.15) is 5.82 Å². The molecule has 0 fully saturated rings. The Labute approximate surface area is 82.8 Å². The Morgan fingerprint density at radius 3 is 2.86 bits per heavy atom. The number of aromatic amines is 2. The summed E-state index contributed by atoms with van der Waals surface area (Å²) in [4.78, 5) is 7.61. The van der Waals surface area contributed by atoms with Crippen LogP contribution in [0.15, 0.2) is 12.4 Å². The highest BCUT2D eigenvalue weighted by Gasteiger charge is 2.07. The molecule has 2 heterocycles. The van der Waals surface area contributed by atoms with Crippen LogP contribution in [0.4, 0.5) is 0 Å². The predicted octanol–water partition coefficient (Wildman–Crippen LogP) is 2.06. The third-order valence-corrected chi connectivity index (χ3v) is 2.23. The molecule has 4 heteroatoms. The molecule has 2 rings (SSSR count). The predicted molar refractivity (Wildman–Crippen MR) is 54.9 cm³/mol. The van der Waals surface area contributed by atoms with Gasteiger partial charge in [-0.15, -0.1) is 0 Å². The number of hydrogen-bond acceptors (Lipinski definition) is 2. The van der Waals surface area contributed by atoms with Crippen molar-refractivity contribution in [2.45, 2.75) is 26.7 Å². The molecule has 0 amide bonds. The van der Waals surface area contributed by atoms with E-state index in [1.807, 2.05) is 13.1 Å². The summed E-state index contributed by atoms with van der Waals surface area (Å²) in [5, 5.41) is 6.87. The van der Waals surface area contributed by atoms with Crippen molar-refractivity contribution < 1.29 is 0 Å². The van der Waals surface area contributed by atoms with Crippen LogP contribution in [-0.2, 0) is 6.42 Å². The van der Waals surface area contributed by atoms with Crippen LogP contribution in [0.2, 0.25) is 0 Å². The maximum atomic E-state index is 4.32. The van der Waals surface area contributed by atoms with Gasteiger partial charge in [-0.3, -0.25) is 5.10 Å². The van der Waals surface area contributed by atoms with E-state index >= 15 is 0 Å². The molecule has 0 unspecified atom stereocenters. The van der Waals surface area contributed by atoms with Crippen molar-refractivity contribution in [3.8, 4) is 11.4 Å². The van der Waals surface area contributed by atoms with Gasteiger partial charge in [-0.25, -0.2) is 4.98 Å². The van der Waals surface area contributed by atoms with E-state index < -0.39 is 0 Å². The molecule has 0 radical (unpaired) electrons. The van der Waals surface area contributed by atoms with Crippen molar-refractivity contribution in [1.29, 1.82) is 0 Å². The molecular weight excluding hydrogens is 176 g/mol. The Bertz CT molecular complexity index is 413. The van der Waals surface area contributed by atoms with Crippen molar-refractivity contribution in [1.82, 2.24) is 20.2 Å². The minimum atomic E-state index is 0.903. The molecular formula is C10H14N4. The third kappa shape index (κ3) is 1.55. The van der Waals surface area contributed by atoms with Gasteiger partial charge in [0.2, 0.25) is 0 Å². The van der Waals surface area contributed by atoms with Crippen LogP contribution in [0.25, 0.3) is 11.4 Å². The Morgan fingerprint density at radius 2 is 2.21 bits per heavy atom. The summed E-state index contributed by atoms with van der Waals surface area (Å²) >= 11 is 0. The molecule has 0 bridgehead atoms. The molecule has 0 spiro atoms. The second-order valence-corrected chi connectivity index (χ2v) is 3.42. The lowest BCUT2D eigenvalue weighted by Crippen LogP contribution is -1.84. The first kappa shape index (κ1) is 8.99. The van der Waals surface area contributed by atoms with E-state index in [4.69, 9.17) is 0 Å². The topological polar surface area (TPSA) is 57.4 Å². The van der Waals surface area contributed by atoms with E-state index in [0.717, 1.165) is 29.9 Å². The molecule has 0 aliphatic heterocycles. The quantitative estimate of drug-likeness (QED) is 0.778. The zero-order valence-electron chi connectivity index (χ0n) is 8.46. The van der Waals surface area contributed by atoms with Gasteiger partial charge < -0.3 is 4.98 Å². The van der Waals surface area contributed by atoms with Crippen LogP contribution in [0.3, 0.4) is 0 Å². The van der Waals surface area contributed by atoms with Gasteiger partial charge in [-0.2, -0.15) is 5.10 Å². The Balaban J connectivity index is 2.29. The monoisotopic (exact) mass is 190 g/mol. The molecule has 4 nitrogen and oxygen atoms in total. The van der Waals surface area contributed by atoms with Crippen LogP contribution in [0.1, 0.15) is 24.7 Å². The number of H-pyrrole nitrogens is 2. The summed E-state index contributed by atoms with van der Waals surface area (Å²) < 4.78 is 0. The normalized spacial score (nSPS) is 10.7. The van der Waals surface area contributed by atoms with Gasteiger partial charge in [0, 0.05) is 17.6 Å². The fraction of sp³-hybridized carbons (Fsp3) is 0.400. The van der Waals surface area contributed by atoms with Gasteiger partial charge in [-0.1, -0.05) is 13.3 Å². The zero-order chi connectivity index (χ0) is 9.97. The molecule has 74 valence electrons. The molecule has 0 aliphatic carbocycles. The standard InChI is InChI=1S/C10H14N4/c1-3-4-8-5-11-10(13-8)9-6-12-14-7(9)2/h5-6H,3-4H2,1-2H3,(H,11,13)(H,12,14). The molecule has 0 saturated heterocycles. The van der Waals surface area contributed by atoms with E-state index in [9.17, 15) is 0 Å². The largest absolute Gasteiger partial charge is 0.342 e. The summed E-state index contributed by atoms with van der Waals surface area (Å²) in [6.45, 7) is 4.15. The summed E-state index contributed by atoms with van der Waals surface area (Å²) in [6.07, 6.45) is 5.87. The van der Waals surface area contributed by atoms with E-state index in [0.29, 0.717) is 0 Å². The number of hydrogen-bond donors (Lipinski definition) is 2. The zero-order valence-corrected chi connectivity index (χ0v) is 8.46. The molecule has 0 atom stereocenters. The van der Waals surface area contributed by atoms with Gasteiger partial charge in [0.25, 0.3) is 0 Å². The first-order valence-electron chi connectivity index (χ1n) is 4.85. The molecule has 2 N–H and O–H groups in total. The van der Waals surface area contributed by atoms with Gasteiger partial charge in [-0.05, 0) is 13.3 Å². The first-order chi connectivity index (χ1) is 6.81. The lowest BCUT2D eigenvalue weighted by atomic mass is 10.2. The van der Waals surface area contributed by atoms with E-state index in [1.54, 1.807) is 6.20 Å². The highest BCUT2D eigenvalue weighted by Crippen LogP contribution is 2.17. The summed E-state index contributed by atoms with van der Waals surface area (Å²) in [6, 6.07) is 0. The molecule has 14 heavy (non-hydrogen) atoms. The second-order valence-electron chi connectivity index (χ2n) is 3.42. The van der Waals surface area contributed by atoms with Gasteiger partial charge in [0.05, 0.1) is 11.8 Å². The van der Waals surface area contributed by atoms with Crippen LogP contribution in [0.5, 0.6) is 0 Å². The highest BCUT2D eigenvalue weighted by molar-refractivity contribution is 5.56. The van der Waals surface area contributed by atoms with Crippen LogP contribution < -0.4 is 0 Å². The molecule has 2 aromatic heterocycles. The number of aromatic nitrogens is 4. The van der Waals surface area contributed by atoms with Crippen LogP contribution in [-0.4, -0.2) is 20.2 Å². The van der Waals surface area contributed by atoms with E-state index in [1.165, 1.54) is 5.69 Å². The first-order valence-corrected chi connectivity index (χ1v) is 4.85. The molecule has 0 saturated carbocycles.